The third-order valence-corrected chi connectivity index (χ3v) is 4.81. The number of rotatable bonds is 4. The van der Waals surface area contributed by atoms with Gasteiger partial charge in [0.2, 0.25) is 0 Å². The third kappa shape index (κ3) is 3.32. The summed E-state index contributed by atoms with van der Waals surface area (Å²) in [6.45, 7) is 1.97. The molecule has 0 unspecified atom stereocenters. The number of sulfonamides is 1. The molecule has 0 aromatic heterocycles. The Balaban J connectivity index is 2.30. The van der Waals surface area contributed by atoms with Crippen LogP contribution in [0.15, 0.2) is 51.8 Å². The highest BCUT2D eigenvalue weighted by Gasteiger charge is 2.15. The predicted octanol–water partition coefficient (Wildman–Crippen LogP) is 3.39. The van der Waals surface area contributed by atoms with Crippen LogP contribution in [-0.4, -0.2) is 8.42 Å². The first-order valence-electron chi connectivity index (χ1n) is 6.09. The van der Waals surface area contributed by atoms with Crippen LogP contribution in [0, 0.1) is 0 Å². The van der Waals surface area contributed by atoms with E-state index in [0.717, 1.165) is 16.5 Å². The molecular formula is C14H15BrN2O2S. The molecule has 0 bridgehead atoms. The molecule has 0 spiro atoms. The van der Waals surface area contributed by atoms with Gasteiger partial charge in [-0.15, -0.1) is 0 Å². The van der Waals surface area contributed by atoms with Crippen LogP contribution in [0.4, 0.5) is 11.4 Å². The second-order valence-electron chi connectivity index (χ2n) is 4.33. The lowest BCUT2D eigenvalue weighted by Gasteiger charge is -2.10. The Morgan fingerprint density at radius 3 is 2.35 bits per heavy atom. The molecule has 0 saturated carbocycles. The third-order valence-electron chi connectivity index (χ3n) is 2.90. The maximum Gasteiger partial charge on any atom is 0.261 e. The van der Waals surface area contributed by atoms with E-state index in [9.17, 15) is 8.42 Å². The molecule has 106 valence electrons. The van der Waals surface area contributed by atoms with Crippen molar-refractivity contribution in [1.82, 2.24) is 0 Å². The Morgan fingerprint density at radius 1 is 1.15 bits per heavy atom. The molecule has 0 radical (unpaired) electrons. The molecule has 0 aliphatic rings. The van der Waals surface area contributed by atoms with Crippen molar-refractivity contribution in [1.29, 1.82) is 0 Å². The minimum absolute atomic E-state index is 0.162. The van der Waals surface area contributed by atoms with Gasteiger partial charge in [-0.3, -0.25) is 4.72 Å². The van der Waals surface area contributed by atoms with Crippen LogP contribution < -0.4 is 10.5 Å². The van der Waals surface area contributed by atoms with E-state index in [2.05, 4.69) is 20.7 Å². The van der Waals surface area contributed by atoms with E-state index in [1.165, 1.54) is 6.07 Å². The number of hydrogen-bond acceptors (Lipinski definition) is 3. The van der Waals surface area contributed by atoms with Crippen LogP contribution in [0.25, 0.3) is 0 Å². The molecule has 2 aromatic rings. The van der Waals surface area contributed by atoms with Crippen molar-refractivity contribution in [3.63, 3.8) is 0 Å². The Labute approximate surface area is 127 Å². The van der Waals surface area contributed by atoms with Crippen LogP contribution in [0.5, 0.6) is 0 Å². The van der Waals surface area contributed by atoms with Gasteiger partial charge < -0.3 is 5.73 Å². The molecular weight excluding hydrogens is 340 g/mol. The van der Waals surface area contributed by atoms with E-state index in [1.54, 1.807) is 36.4 Å². The summed E-state index contributed by atoms with van der Waals surface area (Å²) in [4.78, 5) is 0.162. The maximum absolute atomic E-state index is 12.3. The Kier molecular flexibility index (Phi) is 4.35. The number of nitrogens with one attached hydrogen (secondary N) is 1. The van der Waals surface area contributed by atoms with Gasteiger partial charge in [0.1, 0.15) is 0 Å². The van der Waals surface area contributed by atoms with Crippen molar-refractivity contribution in [2.45, 2.75) is 18.2 Å². The van der Waals surface area contributed by atoms with Gasteiger partial charge in [-0.1, -0.05) is 28.9 Å². The van der Waals surface area contributed by atoms with Crippen LogP contribution in [0.2, 0.25) is 0 Å². The van der Waals surface area contributed by atoms with E-state index in [0.29, 0.717) is 11.4 Å². The Morgan fingerprint density at radius 2 is 1.80 bits per heavy atom. The number of halogens is 1. The summed E-state index contributed by atoms with van der Waals surface area (Å²) in [5, 5.41) is 0. The monoisotopic (exact) mass is 354 g/mol. The minimum atomic E-state index is -3.62. The molecule has 0 atom stereocenters. The van der Waals surface area contributed by atoms with Crippen LogP contribution in [-0.2, 0) is 16.4 Å². The minimum Gasteiger partial charge on any atom is -0.398 e. The van der Waals surface area contributed by atoms with Gasteiger partial charge in [-0.25, -0.2) is 8.42 Å². The SMILES string of the molecule is CCc1ccc(S(=O)(=O)Nc2ccc(Br)cc2)cc1N. The molecule has 0 heterocycles. The van der Waals surface area contributed by atoms with Gasteiger partial charge in [0.25, 0.3) is 10.0 Å². The topological polar surface area (TPSA) is 72.2 Å². The summed E-state index contributed by atoms with van der Waals surface area (Å²) in [5.41, 5.74) is 7.78. The fourth-order valence-corrected chi connectivity index (χ4v) is 3.15. The molecule has 6 heteroatoms. The number of anilines is 2. The molecule has 0 amide bonds. The number of benzene rings is 2. The number of nitrogens with two attached hydrogens (primary N) is 1. The molecule has 0 saturated heterocycles. The summed E-state index contributed by atoms with van der Waals surface area (Å²) in [7, 11) is -3.62. The highest BCUT2D eigenvalue weighted by molar-refractivity contribution is 9.10. The summed E-state index contributed by atoms with van der Waals surface area (Å²) in [6, 6.07) is 11.7. The van der Waals surface area contributed by atoms with Crippen molar-refractivity contribution in [3.8, 4) is 0 Å². The molecule has 20 heavy (non-hydrogen) atoms. The lowest BCUT2D eigenvalue weighted by Crippen LogP contribution is -2.13. The molecule has 0 fully saturated rings. The van der Waals surface area contributed by atoms with Crippen molar-refractivity contribution in [2.24, 2.45) is 0 Å². The second-order valence-corrected chi connectivity index (χ2v) is 6.92. The summed E-state index contributed by atoms with van der Waals surface area (Å²) in [5.74, 6) is 0. The predicted molar refractivity (Wildman–Crippen MR) is 85.2 cm³/mol. The highest BCUT2D eigenvalue weighted by atomic mass is 79.9. The molecule has 0 aliphatic carbocycles. The first-order chi connectivity index (χ1) is 9.42. The van der Waals surface area contributed by atoms with Gasteiger partial charge in [-0.05, 0) is 48.4 Å². The van der Waals surface area contributed by atoms with Crippen molar-refractivity contribution < 1.29 is 8.42 Å². The zero-order valence-corrected chi connectivity index (χ0v) is 13.3. The summed E-state index contributed by atoms with van der Waals surface area (Å²) < 4.78 is 27.9. The zero-order chi connectivity index (χ0) is 14.8. The standard InChI is InChI=1S/C14H15BrN2O2S/c1-2-10-3-8-13(9-14(10)16)20(18,19)17-12-6-4-11(15)5-7-12/h3-9,17H,2,16H2,1H3. The van der Waals surface area contributed by atoms with Gasteiger partial charge >= 0.3 is 0 Å². The summed E-state index contributed by atoms with van der Waals surface area (Å²) in [6.07, 6.45) is 0.770. The van der Waals surface area contributed by atoms with E-state index in [-0.39, 0.29) is 4.90 Å². The highest BCUT2D eigenvalue weighted by Crippen LogP contribution is 2.22. The average Bonchev–Trinajstić information content (AvgIpc) is 2.41. The molecule has 2 rings (SSSR count). The molecule has 3 N–H and O–H groups in total. The van der Waals surface area contributed by atoms with E-state index >= 15 is 0 Å². The summed E-state index contributed by atoms with van der Waals surface area (Å²) >= 11 is 3.30. The maximum atomic E-state index is 12.3. The normalized spacial score (nSPS) is 11.3. The van der Waals surface area contributed by atoms with Gasteiger partial charge in [0.15, 0.2) is 0 Å². The van der Waals surface area contributed by atoms with Crippen molar-refractivity contribution in [2.75, 3.05) is 10.5 Å². The zero-order valence-electron chi connectivity index (χ0n) is 10.9. The Hall–Kier alpha value is -1.53. The molecule has 2 aromatic carbocycles. The van der Waals surface area contributed by atoms with Crippen molar-refractivity contribution >= 4 is 37.3 Å². The lowest BCUT2D eigenvalue weighted by atomic mass is 10.1. The number of aryl methyl sites for hydroxylation is 1. The van der Waals surface area contributed by atoms with Crippen molar-refractivity contribution in [3.05, 3.63) is 52.5 Å². The average molecular weight is 355 g/mol. The van der Waals surface area contributed by atoms with Gasteiger partial charge in [-0.2, -0.15) is 0 Å². The van der Waals surface area contributed by atoms with Gasteiger partial charge in [0, 0.05) is 15.8 Å². The first-order valence-corrected chi connectivity index (χ1v) is 8.37. The Bertz CT molecular complexity index is 712. The van der Waals surface area contributed by atoms with Gasteiger partial charge in [0.05, 0.1) is 4.90 Å². The fraction of sp³-hybridized carbons (Fsp3) is 0.143. The largest absolute Gasteiger partial charge is 0.398 e. The fourth-order valence-electron chi connectivity index (χ4n) is 1.79. The first kappa shape index (κ1) is 14.9. The van der Waals surface area contributed by atoms with E-state index < -0.39 is 10.0 Å². The molecule has 0 aliphatic heterocycles. The lowest BCUT2D eigenvalue weighted by molar-refractivity contribution is 0.601. The van der Waals surface area contributed by atoms with Crippen LogP contribution in [0.3, 0.4) is 0 Å². The smallest absolute Gasteiger partial charge is 0.261 e. The van der Waals surface area contributed by atoms with Crippen LogP contribution >= 0.6 is 15.9 Å². The van der Waals surface area contributed by atoms with E-state index in [4.69, 9.17) is 5.73 Å². The second kappa shape index (κ2) is 5.85. The number of hydrogen-bond donors (Lipinski definition) is 2. The van der Waals surface area contributed by atoms with E-state index in [1.807, 2.05) is 6.92 Å². The molecule has 4 nitrogen and oxygen atoms in total. The number of nitrogen functional groups attached to an aromatic ring is 1. The van der Waals surface area contributed by atoms with Crippen LogP contribution in [0.1, 0.15) is 12.5 Å². The quantitative estimate of drug-likeness (QED) is 0.826.